The number of hydrogen-bond donors (Lipinski definition) is 1. The van der Waals surface area contributed by atoms with Crippen LogP contribution in [0.4, 0.5) is 19.0 Å². The number of halogens is 3. The van der Waals surface area contributed by atoms with E-state index in [-0.39, 0.29) is 43.1 Å². The number of aromatic nitrogens is 2. The molecule has 2 heterocycles. The zero-order valence-electron chi connectivity index (χ0n) is 17.6. The number of alkyl halides is 3. The van der Waals surface area contributed by atoms with Crippen molar-refractivity contribution in [2.75, 3.05) is 25.1 Å². The van der Waals surface area contributed by atoms with Crippen LogP contribution in [-0.2, 0) is 10.9 Å². The van der Waals surface area contributed by atoms with E-state index in [1.165, 1.54) is 18.3 Å². The molecule has 10 heteroatoms. The van der Waals surface area contributed by atoms with Crippen LogP contribution in [0.15, 0.2) is 54.7 Å². The minimum atomic E-state index is -4.44. The molecule has 0 saturated heterocycles. The van der Waals surface area contributed by atoms with Crippen molar-refractivity contribution in [3.8, 4) is 22.9 Å². The zero-order valence-corrected chi connectivity index (χ0v) is 17.6. The summed E-state index contributed by atoms with van der Waals surface area (Å²) >= 11 is 0. The summed E-state index contributed by atoms with van der Waals surface area (Å²) in [6.45, 7) is 2.38. The number of fused-ring (bicyclic) bond motifs is 1. The van der Waals surface area contributed by atoms with Gasteiger partial charge in [0.2, 0.25) is 0 Å². The summed E-state index contributed by atoms with van der Waals surface area (Å²) in [4.78, 5) is 20.9. The lowest BCUT2D eigenvalue weighted by atomic mass is 10.1. The Bertz CT molecular complexity index is 1140. The lowest BCUT2D eigenvalue weighted by molar-refractivity contribution is -0.137. The van der Waals surface area contributed by atoms with E-state index in [9.17, 15) is 18.0 Å². The Morgan fingerprint density at radius 1 is 1.15 bits per heavy atom. The highest BCUT2D eigenvalue weighted by Crippen LogP contribution is 2.32. The van der Waals surface area contributed by atoms with Gasteiger partial charge in [0.25, 0.3) is 0 Å². The van der Waals surface area contributed by atoms with E-state index in [2.05, 4.69) is 15.3 Å². The molecule has 0 amide bonds. The number of hydrogen-bond acceptors (Lipinski definition) is 7. The van der Waals surface area contributed by atoms with E-state index in [1.807, 2.05) is 12.1 Å². The first-order valence-electron chi connectivity index (χ1n) is 10.2. The fourth-order valence-corrected chi connectivity index (χ4v) is 3.20. The molecule has 1 atom stereocenters. The van der Waals surface area contributed by atoms with Gasteiger partial charge in [0.15, 0.2) is 17.3 Å². The molecule has 1 N–H and O–H groups in total. The second-order valence-corrected chi connectivity index (χ2v) is 7.13. The topological polar surface area (TPSA) is 82.6 Å². The molecule has 0 fully saturated rings. The summed E-state index contributed by atoms with van der Waals surface area (Å²) in [7, 11) is 0. The largest absolute Gasteiger partial charge is 0.486 e. The van der Waals surface area contributed by atoms with Gasteiger partial charge in [-0.15, -0.1) is 0 Å². The van der Waals surface area contributed by atoms with Crippen molar-refractivity contribution in [1.29, 1.82) is 0 Å². The Morgan fingerprint density at radius 3 is 2.58 bits per heavy atom. The molecule has 0 saturated carbocycles. The number of carbonyl (C=O) groups excluding carboxylic acids is 1. The molecule has 0 aliphatic carbocycles. The summed E-state index contributed by atoms with van der Waals surface area (Å²) in [5.41, 5.74) is -0.306. The van der Waals surface area contributed by atoms with E-state index in [0.717, 1.165) is 12.1 Å². The van der Waals surface area contributed by atoms with Gasteiger partial charge < -0.3 is 19.5 Å². The summed E-state index contributed by atoms with van der Waals surface area (Å²) in [5, 5.41) is 3.06. The summed E-state index contributed by atoms with van der Waals surface area (Å²) in [6.07, 6.45) is -3.52. The average molecular weight is 459 g/mol. The van der Waals surface area contributed by atoms with Gasteiger partial charge >= 0.3 is 12.1 Å². The maximum Gasteiger partial charge on any atom is 0.416 e. The van der Waals surface area contributed by atoms with Crippen molar-refractivity contribution in [2.45, 2.75) is 19.2 Å². The van der Waals surface area contributed by atoms with Gasteiger partial charge in [-0.25, -0.2) is 14.8 Å². The molecule has 2 aromatic carbocycles. The van der Waals surface area contributed by atoms with Crippen LogP contribution in [0.2, 0.25) is 0 Å². The lowest BCUT2D eigenvalue weighted by Gasteiger charge is -2.26. The number of anilines is 1. The fourth-order valence-electron chi connectivity index (χ4n) is 3.20. The molecule has 0 radical (unpaired) electrons. The second-order valence-electron chi connectivity index (χ2n) is 7.13. The Labute approximate surface area is 187 Å². The summed E-state index contributed by atoms with van der Waals surface area (Å²) < 4.78 is 55.2. The molecule has 1 aliphatic heterocycles. The average Bonchev–Trinajstić information content (AvgIpc) is 2.82. The fraction of sp³-hybridized carbons (Fsp3) is 0.261. The van der Waals surface area contributed by atoms with E-state index in [0.29, 0.717) is 17.1 Å². The van der Waals surface area contributed by atoms with Crippen LogP contribution in [0.1, 0.15) is 22.8 Å². The highest BCUT2D eigenvalue weighted by molar-refractivity contribution is 5.94. The smallest absolute Gasteiger partial charge is 0.416 e. The maximum absolute atomic E-state index is 12.9. The standard InChI is InChI=1S/C23H20F3N3O4/c1-2-31-22(30)17-12-28-20(14-7-9-15(10-8-14)23(24,25)26)29-21(17)27-11-16-13-32-18-5-3-4-6-19(18)33-16/h3-10,12,16H,2,11,13H2,1H3,(H,27,28,29). The van der Waals surface area contributed by atoms with Crippen molar-refractivity contribution < 1.29 is 32.2 Å². The molecule has 3 aromatic rings. The van der Waals surface area contributed by atoms with Gasteiger partial charge in [-0.3, -0.25) is 0 Å². The molecule has 1 aliphatic rings. The van der Waals surface area contributed by atoms with Crippen LogP contribution >= 0.6 is 0 Å². The third kappa shape index (κ3) is 5.16. The van der Waals surface area contributed by atoms with E-state index < -0.39 is 17.7 Å². The molecule has 0 bridgehead atoms. The van der Waals surface area contributed by atoms with Gasteiger partial charge in [-0.2, -0.15) is 13.2 Å². The Balaban J connectivity index is 1.56. The first kappa shape index (κ1) is 22.4. The first-order valence-corrected chi connectivity index (χ1v) is 10.2. The minimum absolute atomic E-state index is 0.102. The molecular formula is C23H20F3N3O4. The van der Waals surface area contributed by atoms with Crippen LogP contribution in [0.5, 0.6) is 11.5 Å². The van der Waals surface area contributed by atoms with Gasteiger partial charge in [-0.1, -0.05) is 24.3 Å². The van der Waals surface area contributed by atoms with E-state index >= 15 is 0 Å². The van der Waals surface area contributed by atoms with Gasteiger partial charge in [0, 0.05) is 11.8 Å². The van der Waals surface area contributed by atoms with Gasteiger partial charge in [-0.05, 0) is 31.2 Å². The van der Waals surface area contributed by atoms with E-state index in [4.69, 9.17) is 14.2 Å². The number of benzene rings is 2. The predicted octanol–water partition coefficient (Wildman–Crippen LogP) is 4.59. The lowest BCUT2D eigenvalue weighted by Crippen LogP contribution is -2.35. The first-order chi connectivity index (χ1) is 15.8. The number of nitrogens with one attached hydrogen (secondary N) is 1. The molecule has 33 heavy (non-hydrogen) atoms. The van der Waals surface area contributed by atoms with Crippen LogP contribution < -0.4 is 14.8 Å². The van der Waals surface area contributed by atoms with Crippen molar-refractivity contribution in [2.24, 2.45) is 0 Å². The van der Waals surface area contributed by atoms with Crippen molar-refractivity contribution in [1.82, 2.24) is 9.97 Å². The molecule has 4 rings (SSSR count). The minimum Gasteiger partial charge on any atom is -0.486 e. The Kier molecular flexibility index (Phi) is 6.34. The SMILES string of the molecule is CCOC(=O)c1cnc(-c2ccc(C(F)(F)F)cc2)nc1NCC1COc2ccccc2O1. The highest BCUT2D eigenvalue weighted by atomic mass is 19.4. The number of ether oxygens (including phenoxy) is 3. The second kappa shape index (κ2) is 9.35. The zero-order chi connectivity index (χ0) is 23.4. The van der Waals surface area contributed by atoms with Crippen molar-refractivity contribution >= 4 is 11.8 Å². The number of esters is 1. The predicted molar refractivity (Wildman–Crippen MR) is 113 cm³/mol. The quantitative estimate of drug-likeness (QED) is 0.540. The highest BCUT2D eigenvalue weighted by Gasteiger charge is 2.30. The number of rotatable bonds is 6. The molecule has 172 valence electrons. The van der Waals surface area contributed by atoms with Crippen LogP contribution in [-0.4, -0.2) is 41.8 Å². The Hall–Kier alpha value is -3.82. The summed E-state index contributed by atoms with van der Waals surface area (Å²) in [5.74, 6) is 0.971. The van der Waals surface area contributed by atoms with Crippen LogP contribution in [0, 0.1) is 0 Å². The monoisotopic (exact) mass is 459 g/mol. The third-order valence-corrected chi connectivity index (χ3v) is 4.82. The maximum atomic E-state index is 12.9. The molecule has 0 spiro atoms. The normalized spacial score (nSPS) is 15.1. The van der Waals surface area contributed by atoms with Crippen molar-refractivity contribution in [3.05, 3.63) is 65.9 Å². The number of para-hydroxylation sites is 2. The number of nitrogens with zero attached hydrogens (tertiary/aromatic N) is 2. The molecule has 1 unspecified atom stereocenters. The Morgan fingerprint density at radius 2 is 1.88 bits per heavy atom. The van der Waals surface area contributed by atoms with Gasteiger partial charge in [0.1, 0.15) is 24.1 Å². The van der Waals surface area contributed by atoms with E-state index in [1.54, 1.807) is 19.1 Å². The third-order valence-electron chi connectivity index (χ3n) is 4.82. The van der Waals surface area contributed by atoms with Crippen LogP contribution in [0.25, 0.3) is 11.4 Å². The summed E-state index contributed by atoms with van der Waals surface area (Å²) in [6, 6.07) is 11.7. The molecule has 7 nitrogen and oxygen atoms in total. The number of carbonyl (C=O) groups is 1. The molecule has 1 aromatic heterocycles. The van der Waals surface area contributed by atoms with Gasteiger partial charge in [0.05, 0.1) is 18.7 Å². The van der Waals surface area contributed by atoms with Crippen molar-refractivity contribution in [3.63, 3.8) is 0 Å². The molecular weight excluding hydrogens is 439 g/mol. The van der Waals surface area contributed by atoms with Crippen LogP contribution in [0.3, 0.4) is 0 Å².